The summed E-state index contributed by atoms with van der Waals surface area (Å²) in [5.74, 6) is -0.327. The smallest absolute Gasteiger partial charge is 0.356 e. The molecular weight excluding hydrogens is 222 g/mol. The molecule has 1 fully saturated rings. The van der Waals surface area contributed by atoms with Crippen molar-refractivity contribution in [2.75, 3.05) is 25.1 Å². The zero-order valence-corrected chi connectivity index (χ0v) is 9.67. The number of ether oxygens (including phenoxy) is 1. The van der Waals surface area contributed by atoms with Crippen LogP contribution in [0.3, 0.4) is 0 Å². The van der Waals surface area contributed by atoms with Gasteiger partial charge in [0.05, 0.1) is 18.5 Å². The van der Waals surface area contributed by atoms with Crippen LogP contribution >= 0.6 is 0 Å². The number of piperidine rings is 1. The topological polar surface area (TPSA) is 75.5 Å². The van der Waals surface area contributed by atoms with Crippen molar-refractivity contribution in [2.24, 2.45) is 0 Å². The van der Waals surface area contributed by atoms with E-state index in [9.17, 15) is 4.79 Å². The number of carboxylic acids is 1. The molecule has 0 radical (unpaired) electrons. The Morgan fingerprint density at radius 2 is 2.12 bits per heavy atom. The Morgan fingerprint density at radius 3 is 2.59 bits per heavy atom. The van der Waals surface area contributed by atoms with Crippen molar-refractivity contribution >= 4 is 11.8 Å². The number of anilines is 1. The number of aromatic nitrogens is 2. The van der Waals surface area contributed by atoms with Gasteiger partial charge < -0.3 is 14.7 Å². The highest BCUT2D eigenvalue weighted by Gasteiger charge is 2.20. The second-order valence-corrected chi connectivity index (χ2v) is 3.99. The molecule has 1 saturated heterocycles. The van der Waals surface area contributed by atoms with Crippen molar-refractivity contribution in [1.82, 2.24) is 9.97 Å². The van der Waals surface area contributed by atoms with Crippen LogP contribution in [0.2, 0.25) is 0 Å². The molecule has 17 heavy (non-hydrogen) atoms. The molecule has 1 aromatic rings. The minimum atomic E-state index is -1.05. The zero-order valence-electron chi connectivity index (χ0n) is 9.67. The molecule has 1 N–H and O–H groups in total. The summed E-state index contributed by atoms with van der Waals surface area (Å²) in [5.41, 5.74) is -0.0273. The Hall–Kier alpha value is -1.69. The lowest BCUT2D eigenvalue weighted by Crippen LogP contribution is -2.37. The van der Waals surface area contributed by atoms with Crippen molar-refractivity contribution < 1.29 is 14.6 Å². The third-order valence-corrected chi connectivity index (χ3v) is 2.96. The fourth-order valence-corrected chi connectivity index (χ4v) is 1.92. The third kappa shape index (κ3) is 2.71. The summed E-state index contributed by atoms with van der Waals surface area (Å²) in [4.78, 5) is 20.7. The van der Waals surface area contributed by atoms with Crippen molar-refractivity contribution in [3.8, 4) is 0 Å². The number of carbonyl (C=O) groups is 1. The minimum Gasteiger partial charge on any atom is -0.476 e. The van der Waals surface area contributed by atoms with E-state index in [-0.39, 0.29) is 5.69 Å². The fraction of sp³-hybridized carbons (Fsp3) is 0.545. The molecule has 2 rings (SSSR count). The molecule has 0 spiro atoms. The molecule has 92 valence electrons. The van der Waals surface area contributed by atoms with Crippen molar-refractivity contribution in [1.29, 1.82) is 0 Å². The van der Waals surface area contributed by atoms with Gasteiger partial charge in [-0.25, -0.2) is 14.8 Å². The van der Waals surface area contributed by atoms with E-state index in [4.69, 9.17) is 9.84 Å². The third-order valence-electron chi connectivity index (χ3n) is 2.96. The Balaban J connectivity index is 2.01. The van der Waals surface area contributed by atoms with Crippen LogP contribution in [0.4, 0.5) is 5.82 Å². The van der Waals surface area contributed by atoms with Gasteiger partial charge in [0.25, 0.3) is 0 Å². The van der Waals surface area contributed by atoms with Crippen LogP contribution < -0.4 is 4.90 Å². The van der Waals surface area contributed by atoms with E-state index >= 15 is 0 Å². The van der Waals surface area contributed by atoms with E-state index < -0.39 is 5.97 Å². The summed E-state index contributed by atoms with van der Waals surface area (Å²) in [6, 6.07) is 0. The lowest BCUT2D eigenvalue weighted by Gasteiger charge is -2.31. The molecule has 0 bridgehead atoms. The van der Waals surface area contributed by atoms with E-state index in [0.29, 0.717) is 6.10 Å². The summed E-state index contributed by atoms with van der Waals surface area (Å²) < 4.78 is 5.29. The molecular formula is C11H15N3O3. The molecule has 1 aliphatic rings. The van der Waals surface area contributed by atoms with Gasteiger partial charge in [0.1, 0.15) is 5.82 Å². The molecule has 0 saturated carbocycles. The fourth-order valence-electron chi connectivity index (χ4n) is 1.92. The highest BCUT2D eigenvalue weighted by molar-refractivity contribution is 5.84. The molecule has 1 aromatic heterocycles. The van der Waals surface area contributed by atoms with Crippen LogP contribution in [0, 0.1) is 0 Å². The highest BCUT2D eigenvalue weighted by atomic mass is 16.5. The maximum absolute atomic E-state index is 10.6. The SMILES string of the molecule is COC1CCN(c2cnc(C(=O)O)cn2)CC1. The number of aromatic carboxylic acids is 1. The predicted octanol–water partition coefficient (Wildman–Crippen LogP) is 0.790. The van der Waals surface area contributed by atoms with Crippen molar-refractivity contribution in [3.05, 3.63) is 18.1 Å². The lowest BCUT2D eigenvalue weighted by molar-refractivity contribution is 0.0690. The van der Waals surface area contributed by atoms with E-state index in [2.05, 4.69) is 14.9 Å². The minimum absolute atomic E-state index is 0.0273. The Labute approximate surface area is 99.2 Å². The number of rotatable bonds is 3. The van der Waals surface area contributed by atoms with Crippen molar-refractivity contribution in [2.45, 2.75) is 18.9 Å². The summed E-state index contributed by atoms with van der Waals surface area (Å²) in [5, 5.41) is 8.72. The lowest BCUT2D eigenvalue weighted by atomic mass is 10.1. The van der Waals surface area contributed by atoms with E-state index in [1.807, 2.05) is 0 Å². The second kappa shape index (κ2) is 5.09. The average Bonchev–Trinajstić information content (AvgIpc) is 2.39. The number of nitrogens with zero attached hydrogens (tertiary/aromatic N) is 3. The molecule has 0 aromatic carbocycles. The standard InChI is InChI=1S/C11H15N3O3/c1-17-8-2-4-14(5-3-8)10-7-12-9(6-13-10)11(15)16/h6-8H,2-5H2,1H3,(H,15,16). The summed E-state index contributed by atoms with van der Waals surface area (Å²) in [6.07, 6.45) is 5.03. The molecule has 6 heteroatoms. The van der Waals surface area contributed by atoms with Crippen LogP contribution in [-0.4, -0.2) is 47.3 Å². The molecule has 0 aliphatic carbocycles. The van der Waals surface area contributed by atoms with Gasteiger partial charge in [-0.2, -0.15) is 0 Å². The maximum Gasteiger partial charge on any atom is 0.356 e. The largest absolute Gasteiger partial charge is 0.476 e. The molecule has 1 aliphatic heterocycles. The number of hydrogen-bond donors (Lipinski definition) is 1. The average molecular weight is 237 g/mol. The van der Waals surface area contributed by atoms with E-state index in [0.717, 1.165) is 31.7 Å². The molecule has 0 unspecified atom stereocenters. The van der Waals surface area contributed by atoms with Gasteiger partial charge in [-0.15, -0.1) is 0 Å². The van der Waals surface area contributed by atoms with Crippen molar-refractivity contribution in [3.63, 3.8) is 0 Å². The summed E-state index contributed by atoms with van der Waals surface area (Å²) >= 11 is 0. The molecule has 2 heterocycles. The number of hydrogen-bond acceptors (Lipinski definition) is 5. The normalized spacial score (nSPS) is 17.1. The Morgan fingerprint density at radius 1 is 1.41 bits per heavy atom. The van der Waals surface area contributed by atoms with Gasteiger partial charge in [0, 0.05) is 20.2 Å². The van der Waals surface area contributed by atoms with Gasteiger partial charge in [0.2, 0.25) is 0 Å². The quantitative estimate of drug-likeness (QED) is 0.837. The summed E-state index contributed by atoms with van der Waals surface area (Å²) in [6.45, 7) is 1.72. The first kappa shape index (κ1) is 11.8. The van der Waals surface area contributed by atoms with Gasteiger partial charge >= 0.3 is 5.97 Å². The molecule has 0 atom stereocenters. The Kier molecular flexibility index (Phi) is 3.53. The number of carboxylic acid groups (broad SMARTS) is 1. The molecule has 0 amide bonds. The predicted molar refractivity (Wildman–Crippen MR) is 61.2 cm³/mol. The first-order chi connectivity index (χ1) is 8.20. The molecule has 6 nitrogen and oxygen atoms in total. The first-order valence-electron chi connectivity index (χ1n) is 5.54. The number of methoxy groups -OCH3 is 1. The van der Waals surface area contributed by atoms with E-state index in [1.165, 1.54) is 12.4 Å². The second-order valence-electron chi connectivity index (χ2n) is 3.99. The van der Waals surface area contributed by atoms with Gasteiger partial charge in [-0.05, 0) is 12.8 Å². The van der Waals surface area contributed by atoms with Crippen LogP contribution in [0.15, 0.2) is 12.4 Å². The van der Waals surface area contributed by atoms with E-state index in [1.54, 1.807) is 7.11 Å². The highest BCUT2D eigenvalue weighted by Crippen LogP contribution is 2.18. The first-order valence-corrected chi connectivity index (χ1v) is 5.54. The van der Waals surface area contributed by atoms with Crippen LogP contribution in [-0.2, 0) is 4.74 Å². The monoisotopic (exact) mass is 237 g/mol. The maximum atomic E-state index is 10.6. The van der Waals surface area contributed by atoms with Crippen LogP contribution in [0.25, 0.3) is 0 Å². The van der Waals surface area contributed by atoms with Gasteiger partial charge in [-0.3, -0.25) is 0 Å². The zero-order chi connectivity index (χ0) is 12.3. The van der Waals surface area contributed by atoms with Gasteiger partial charge in [0.15, 0.2) is 5.69 Å². The van der Waals surface area contributed by atoms with Crippen LogP contribution in [0.5, 0.6) is 0 Å². The van der Waals surface area contributed by atoms with Crippen LogP contribution in [0.1, 0.15) is 23.3 Å². The van der Waals surface area contributed by atoms with Gasteiger partial charge in [-0.1, -0.05) is 0 Å². The summed E-state index contributed by atoms with van der Waals surface area (Å²) in [7, 11) is 1.72. The Bertz CT molecular complexity index is 385.